The number of nitrogens with one attached hydrogen (secondary N) is 1. The third kappa shape index (κ3) is 10.6. The molecule has 0 aliphatic carbocycles. The van der Waals surface area contributed by atoms with Gasteiger partial charge in [-0.05, 0) is 75.3 Å². The molecule has 0 saturated heterocycles. The van der Waals surface area contributed by atoms with E-state index in [1.807, 2.05) is 6.92 Å². The monoisotopic (exact) mass is 505 g/mol. The van der Waals surface area contributed by atoms with E-state index in [-0.39, 0.29) is 18.4 Å². The van der Waals surface area contributed by atoms with Gasteiger partial charge in [-0.15, -0.1) is 0 Å². The van der Waals surface area contributed by atoms with E-state index in [9.17, 15) is 9.59 Å². The topological polar surface area (TPSA) is 73.9 Å². The maximum atomic E-state index is 13.2. The predicted octanol–water partition coefficient (Wildman–Crippen LogP) is 6.06. The highest BCUT2D eigenvalue weighted by Crippen LogP contribution is 2.25. The van der Waals surface area contributed by atoms with Crippen LogP contribution in [-0.4, -0.2) is 56.1 Å². The van der Waals surface area contributed by atoms with Crippen LogP contribution in [-0.2, 0) is 22.9 Å². The van der Waals surface area contributed by atoms with E-state index in [4.69, 9.17) is 13.3 Å². The molecule has 0 aliphatic heterocycles. The van der Waals surface area contributed by atoms with Crippen LogP contribution in [0.4, 0.5) is 0 Å². The number of carbonyl (C=O) groups excluding carboxylic acids is 2. The van der Waals surface area contributed by atoms with E-state index < -0.39 is 31.0 Å². The van der Waals surface area contributed by atoms with Crippen molar-refractivity contribution in [3.63, 3.8) is 0 Å². The molecule has 0 aromatic carbocycles. The maximum Gasteiger partial charge on any atom is 0.310 e. The van der Waals surface area contributed by atoms with Gasteiger partial charge in [-0.1, -0.05) is 41.5 Å². The summed E-state index contributed by atoms with van der Waals surface area (Å²) in [5.41, 5.74) is 0. The van der Waals surface area contributed by atoms with Gasteiger partial charge in [0.05, 0.1) is 6.42 Å². The number of hydrogen-bond donors (Lipinski definition) is 1. The Balaban J connectivity index is 5.29. The fourth-order valence-electron chi connectivity index (χ4n) is 4.16. The van der Waals surface area contributed by atoms with Gasteiger partial charge in [-0.3, -0.25) is 9.59 Å². The second kappa shape index (κ2) is 15.4. The Kier molecular flexibility index (Phi) is 15.2. The molecular weight excluding hydrogens is 455 g/mol. The van der Waals surface area contributed by atoms with Crippen LogP contribution in [0.1, 0.15) is 61.3 Å². The first-order chi connectivity index (χ1) is 15.0. The molecule has 1 unspecified atom stereocenters. The van der Waals surface area contributed by atoms with Crippen molar-refractivity contribution in [2.45, 2.75) is 123 Å². The van der Waals surface area contributed by atoms with Gasteiger partial charge in [0.1, 0.15) is 6.04 Å². The third-order valence-electron chi connectivity index (χ3n) is 7.05. The summed E-state index contributed by atoms with van der Waals surface area (Å²) < 4.78 is 18.0. The van der Waals surface area contributed by atoms with Crippen molar-refractivity contribution in [1.29, 1.82) is 0 Å². The zero-order valence-corrected chi connectivity index (χ0v) is 25.4. The van der Waals surface area contributed by atoms with Crippen LogP contribution >= 0.6 is 0 Å². The highest BCUT2D eigenvalue weighted by atomic mass is 28.4. The molecule has 0 spiro atoms. The molecule has 0 fully saturated rings. The third-order valence-corrected chi connectivity index (χ3v) is 18.7. The summed E-state index contributed by atoms with van der Waals surface area (Å²) in [5.74, 6) is -0.547. The molecule has 0 bridgehead atoms. The van der Waals surface area contributed by atoms with E-state index in [0.717, 1.165) is 55.3 Å². The van der Waals surface area contributed by atoms with E-state index >= 15 is 0 Å². The van der Waals surface area contributed by atoms with Gasteiger partial charge in [0, 0.05) is 6.61 Å². The summed E-state index contributed by atoms with van der Waals surface area (Å²) in [6.45, 7) is 20.5. The highest BCUT2D eigenvalue weighted by Gasteiger charge is 2.38. The van der Waals surface area contributed by atoms with Crippen LogP contribution in [0.5, 0.6) is 0 Å². The molecule has 0 aliphatic rings. The standard InChI is InChI=1S/C23H51NO5Si3/c1-10-27-30(8,9)19-17-18-24-21(23(26)29-32(14-5,15-6)16-7)20-22(25)28-31(11-2,12-3)13-4/h21,24H,10-20H2,1-9H3. The van der Waals surface area contributed by atoms with Gasteiger partial charge in [0.2, 0.25) is 0 Å². The molecule has 0 radical (unpaired) electrons. The Morgan fingerprint density at radius 1 is 0.781 bits per heavy atom. The summed E-state index contributed by atoms with van der Waals surface area (Å²) in [6.07, 6.45) is 0.953. The fourth-order valence-corrected chi connectivity index (χ4v) is 11.1. The SMILES string of the molecule is CCO[Si](C)(C)CCCNC(CC(=O)O[Si](CC)(CC)CC)C(=O)O[Si](CC)(CC)CC. The second-order valence-electron chi connectivity index (χ2n) is 9.39. The van der Waals surface area contributed by atoms with Crippen LogP contribution in [0.2, 0.25) is 55.4 Å². The summed E-state index contributed by atoms with van der Waals surface area (Å²) in [7, 11) is -5.82. The van der Waals surface area contributed by atoms with Gasteiger partial charge in [-0.25, -0.2) is 0 Å². The largest absolute Gasteiger partial charge is 0.519 e. The summed E-state index contributed by atoms with van der Waals surface area (Å²) in [6, 6.07) is 5.77. The lowest BCUT2D eigenvalue weighted by molar-refractivity contribution is -0.144. The highest BCUT2D eigenvalue weighted by molar-refractivity contribution is 6.75. The minimum absolute atomic E-state index is 0.0431. The molecule has 1 N–H and O–H groups in total. The van der Waals surface area contributed by atoms with E-state index in [1.165, 1.54) is 0 Å². The Labute approximate surface area is 200 Å². The Morgan fingerprint density at radius 2 is 1.25 bits per heavy atom. The second-order valence-corrected chi connectivity index (χ2v) is 23.1. The Hall–Kier alpha value is -0.489. The van der Waals surface area contributed by atoms with Crippen molar-refractivity contribution in [1.82, 2.24) is 5.32 Å². The van der Waals surface area contributed by atoms with Gasteiger partial charge in [-0.2, -0.15) is 0 Å². The van der Waals surface area contributed by atoms with Crippen LogP contribution in [0.3, 0.4) is 0 Å². The van der Waals surface area contributed by atoms with Crippen LogP contribution < -0.4 is 5.32 Å². The Bertz CT molecular complexity index is 535. The number of hydrogen-bond acceptors (Lipinski definition) is 6. The molecule has 32 heavy (non-hydrogen) atoms. The van der Waals surface area contributed by atoms with E-state index in [0.29, 0.717) is 6.54 Å². The summed E-state index contributed by atoms with van der Waals surface area (Å²) >= 11 is 0. The van der Waals surface area contributed by atoms with Gasteiger partial charge in [0.15, 0.2) is 8.32 Å². The minimum atomic E-state index is -2.10. The average Bonchev–Trinajstić information content (AvgIpc) is 2.77. The first kappa shape index (κ1) is 31.5. The first-order valence-electron chi connectivity index (χ1n) is 12.8. The molecule has 0 amide bonds. The van der Waals surface area contributed by atoms with Crippen molar-refractivity contribution in [2.75, 3.05) is 13.2 Å². The zero-order chi connectivity index (χ0) is 24.8. The molecule has 0 aromatic heterocycles. The maximum absolute atomic E-state index is 13.2. The van der Waals surface area contributed by atoms with Crippen molar-refractivity contribution < 1.29 is 22.9 Å². The molecule has 0 saturated carbocycles. The van der Waals surface area contributed by atoms with Crippen molar-refractivity contribution in [2.24, 2.45) is 0 Å². The lowest BCUT2D eigenvalue weighted by atomic mass is 10.2. The van der Waals surface area contributed by atoms with Crippen molar-refractivity contribution in [3.8, 4) is 0 Å². The lowest BCUT2D eigenvalue weighted by Gasteiger charge is -2.31. The molecule has 6 nitrogen and oxygen atoms in total. The number of carbonyl (C=O) groups is 2. The van der Waals surface area contributed by atoms with Crippen molar-refractivity contribution >= 4 is 36.9 Å². The zero-order valence-electron chi connectivity index (χ0n) is 22.4. The molecule has 9 heteroatoms. The summed E-state index contributed by atoms with van der Waals surface area (Å²) in [5, 5.41) is 3.33. The number of rotatable bonds is 18. The van der Waals surface area contributed by atoms with Gasteiger partial charge >= 0.3 is 5.97 Å². The Morgan fingerprint density at radius 3 is 1.69 bits per heavy atom. The molecule has 0 heterocycles. The quantitative estimate of drug-likeness (QED) is 0.180. The molecule has 190 valence electrons. The molecule has 1 atom stereocenters. The van der Waals surface area contributed by atoms with E-state index in [2.05, 4.69) is 60.0 Å². The normalized spacial score (nSPS) is 13.7. The predicted molar refractivity (Wildman–Crippen MR) is 142 cm³/mol. The molecular formula is C23H51NO5Si3. The van der Waals surface area contributed by atoms with Gasteiger partial charge < -0.3 is 18.6 Å². The minimum Gasteiger partial charge on any atom is -0.519 e. The molecule has 0 aromatic rings. The average molecular weight is 506 g/mol. The van der Waals surface area contributed by atoms with E-state index in [1.54, 1.807) is 0 Å². The fraction of sp³-hybridized carbons (Fsp3) is 0.913. The smallest absolute Gasteiger partial charge is 0.310 e. The van der Waals surface area contributed by atoms with Crippen LogP contribution in [0.25, 0.3) is 0 Å². The van der Waals surface area contributed by atoms with Crippen molar-refractivity contribution in [3.05, 3.63) is 0 Å². The molecule has 0 rings (SSSR count). The first-order valence-corrected chi connectivity index (χ1v) is 21.0. The summed E-state index contributed by atoms with van der Waals surface area (Å²) in [4.78, 5) is 26.0. The van der Waals surface area contributed by atoms with Crippen LogP contribution in [0.15, 0.2) is 0 Å². The van der Waals surface area contributed by atoms with Gasteiger partial charge in [0.25, 0.3) is 22.6 Å². The van der Waals surface area contributed by atoms with Crippen LogP contribution in [0, 0.1) is 0 Å². The lowest BCUT2D eigenvalue weighted by Crippen LogP contribution is -2.48.